The molecule has 0 aliphatic carbocycles. The van der Waals surface area contributed by atoms with E-state index in [1.807, 2.05) is 25.1 Å². The molecule has 1 aliphatic rings. The van der Waals surface area contributed by atoms with Crippen LogP contribution in [0, 0.1) is 16.4 Å². The van der Waals surface area contributed by atoms with Crippen LogP contribution < -0.4 is 10.6 Å². The summed E-state index contributed by atoms with van der Waals surface area (Å²) in [6.07, 6.45) is 1.01. The number of carbonyl (C=O) groups is 1. The standard InChI is InChI=1S/C14H19IN2O/c1-9-4-3-5-11(13(9)15)14(18)17-12-6-7-16-8-10(12)2/h3-5,10,12,16H,6-8H2,1-2H3,(H,17,18). The van der Waals surface area contributed by atoms with Crippen molar-refractivity contribution in [1.29, 1.82) is 0 Å². The van der Waals surface area contributed by atoms with Gasteiger partial charge in [0.1, 0.15) is 0 Å². The summed E-state index contributed by atoms with van der Waals surface area (Å²) in [5, 5.41) is 6.51. The Labute approximate surface area is 122 Å². The Hall–Kier alpha value is -0.620. The molecule has 0 aromatic heterocycles. The molecule has 2 atom stereocenters. The summed E-state index contributed by atoms with van der Waals surface area (Å²) in [5.74, 6) is 0.548. The van der Waals surface area contributed by atoms with E-state index in [4.69, 9.17) is 0 Å². The van der Waals surface area contributed by atoms with Crippen LogP contribution in [0.15, 0.2) is 18.2 Å². The molecular weight excluding hydrogens is 339 g/mol. The first kappa shape index (κ1) is 13.8. The van der Waals surface area contributed by atoms with Crippen molar-refractivity contribution in [1.82, 2.24) is 10.6 Å². The number of halogens is 1. The first-order chi connectivity index (χ1) is 8.59. The molecule has 1 fully saturated rings. The fourth-order valence-electron chi connectivity index (χ4n) is 2.30. The molecule has 0 bridgehead atoms. The van der Waals surface area contributed by atoms with Gasteiger partial charge in [-0.2, -0.15) is 0 Å². The lowest BCUT2D eigenvalue weighted by Gasteiger charge is -2.30. The molecule has 4 heteroatoms. The lowest BCUT2D eigenvalue weighted by Crippen LogP contribution is -2.48. The third kappa shape index (κ3) is 3.03. The van der Waals surface area contributed by atoms with Crippen LogP contribution in [0.5, 0.6) is 0 Å². The molecular formula is C14H19IN2O. The van der Waals surface area contributed by atoms with Gasteiger partial charge in [0.2, 0.25) is 0 Å². The largest absolute Gasteiger partial charge is 0.349 e. The third-order valence-corrected chi connectivity index (χ3v) is 4.97. The Morgan fingerprint density at radius 2 is 2.28 bits per heavy atom. The number of amides is 1. The normalized spacial score (nSPS) is 23.7. The topological polar surface area (TPSA) is 41.1 Å². The van der Waals surface area contributed by atoms with Crippen molar-refractivity contribution in [3.8, 4) is 0 Å². The van der Waals surface area contributed by atoms with Crippen LogP contribution in [-0.4, -0.2) is 25.0 Å². The molecule has 1 aromatic carbocycles. The number of piperidine rings is 1. The minimum absolute atomic E-state index is 0.0573. The molecule has 1 saturated heterocycles. The third-order valence-electron chi connectivity index (χ3n) is 3.54. The van der Waals surface area contributed by atoms with Crippen molar-refractivity contribution < 1.29 is 4.79 Å². The van der Waals surface area contributed by atoms with E-state index < -0.39 is 0 Å². The van der Waals surface area contributed by atoms with Crippen LogP contribution in [0.2, 0.25) is 0 Å². The van der Waals surface area contributed by atoms with Gasteiger partial charge < -0.3 is 10.6 Å². The van der Waals surface area contributed by atoms with E-state index in [1.54, 1.807) is 0 Å². The highest BCUT2D eigenvalue weighted by Gasteiger charge is 2.23. The average molecular weight is 358 g/mol. The highest BCUT2D eigenvalue weighted by molar-refractivity contribution is 14.1. The molecule has 2 unspecified atom stereocenters. The van der Waals surface area contributed by atoms with Crippen molar-refractivity contribution in [3.05, 3.63) is 32.9 Å². The van der Waals surface area contributed by atoms with Crippen LogP contribution in [0.4, 0.5) is 0 Å². The predicted molar refractivity (Wildman–Crippen MR) is 81.8 cm³/mol. The minimum Gasteiger partial charge on any atom is -0.349 e. The van der Waals surface area contributed by atoms with Crippen LogP contribution in [-0.2, 0) is 0 Å². The summed E-state index contributed by atoms with van der Waals surface area (Å²) >= 11 is 2.25. The summed E-state index contributed by atoms with van der Waals surface area (Å²) in [7, 11) is 0. The Morgan fingerprint density at radius 3 is 3.00 bits per heavy atom. The highest BCUT2D eigenvalue weighted by atomic mass is 127. The summed E-state index contributed by atoms with van der Waals surface area (Å²) in [5.41, 5.74) is 1.95. The molecule has 18 heavy (non-hydrogen) atoms. The van der Waals surface area contributed by atoms with Crippen molar-refractivity contribution >= 4 is 28.5 Å². The average Bonchev–Trinajstić information content (AvgIpc) is 2.35. The molecule has 1 heterocycles. The van der Waals surface area contributed by atoms with Gasteiger partial charge in [-0.3, -0.25) is 4.79 Å². The van der Waals surface area contributed by atoms with Crippen molar-refractivity contribution in [2.45, 2.75) is 26.3 Å². The predicted octanol–water partition coefficient (Wildman–Crippen LogP) is 2.33. The number of hydrogen-bond acceptors (Lipinski definition) is 2. The van der Waals surface area contributed by atoms with Crippen molar-refractivity contribution in [2.75, 3.05) is 13.1 Å². The van der Waals surface area contributed by atoms with Gasteiger partial charge in [-0.1, -0.05) is 19.1 Å². The van der Waals surface area contributed by atoms with Crippen molar-refractivity contribution in [2.24, 2.45) is 5.92 Å². The molecule has 1 aromatic rings. The Balaban J connectivity index is 2.09. The maximum Gasteiger partial charge on any atom is 0.252 e. The number of benzene rings is 1. The summed E-state index contributed by atoms with van der Waals surface area (Å²) in [6.45, 7) is 6.18. The quantitative estimate of drug-likeness (QED) is 0.797. The molecule has 1 aliphatic heterocycles. The second-order valence-corrected chi connectivity index (χ2v) is 6.07. The zero-order chi connectivity index (χ0) is 13.1. The monoisotopic (exact) mass is 358 g/mol. The minimum atomic E-state index is 0.0573. The molecule has 0 spiro atoms. The van der Waals surface area contributed by atoms with Gasteiger partial charge in [0, 0.05) is 9.61 Å². The van der Waals surface area contributed by atoms with Crippen LogP contribution >= 0.6 is 22.6 Å². The number of carbonyl (C=O) groups excluding carboxylic acids is 1. The van der Waals surface area contributed by atoms with Crippen LogP contribution in [0.1, 0.15) is 29.3 Å². The maximum absolute atomic E-state index is 12.3. The Kier molecular flexibility index (Phi) is 4.61. The number of nitrogens with one attached hydrogen (secondary N) is 2. The zero-order valence-corrected chi connectivity index (χ0v) is 13.0. The van der Waals surface area contributed by atoms with Gasteiger partial charge >= 0.3 is 0 Å². The zero-order valence-electron chi connectivity index (χ0n) is 10.8. The molecule has 2 N–H and O–H groups in total. The smallest absolute Gasteiger partial charge is 0.252 e. The first-order valence-electron chi connectivity index (χ1n) is 6.36. The molecule has 0 saturated carbocycles. The summed E-state index contributed by atoms with van der Waals surface area (Å²) in [6, 6.07) is 6.16. The lowest BCUT2D eigenvalue weighted by molar-refractivity contribution is 0.0913. The summed E-state index contributed by atoms with van der Waals surface area (Å²) in [4.78, 5) is 12.3. The van der Waals surface area contributed by atoms with Crippen LogP contribution in [0.3, 0.4) is 0 Å². The van der Waals surface area contributed by atoms with Gasteiger partial charge in [-0.05, 0) is 66.6 Å². The van der Waals surface area contributed by atoms with Gasteiger partial charge in [-0.15, -0.1) is 0 Å². The van der Waals surface area contributed by atoms with E-state index in [1.165, 1.54) is 0 Å². The van der Waals surface area contributed by atoms with E-state index in [0.29, 0.717) is 5.92 Å². The van der Waals surface area contributed by atoms with Gasteiger partial charge in [-0.25, -0.2) is 0 Å². The fourth-order valence-corrected chi connectivity index (χ4v) is 2.90. The first-order valence-corrected chi connectivity index (χ1v) is 7.44. The second-order valence-electron chi connectivity index (χ2n) is 4.99. The van der Waals surface area contributed by atoms with Gasteiger partial charge in [0.15, 0.2) is 0 Å². The number of hydrogen-bond donors (Lipinski definition) is 2. The van der Waals surface area contributed by atoms with E-state index in [2.05, 4.69) is 40.1 Å². The molecule has 98 valence electrons. The van der Waals surface area contributed by atoms with Crippen LogP contribution in [0.25, 0.3) is 0 Å². The SMILES string of the molecule is Cc1cccc(C(=O)NC2CCNCC2C)c1I. The maximum atomic E-state index is 12.3. The van der Waals surface area contributed by atoms with E-state index in [9.17, 15) is 4.79 Å². The van der Waals surface area contributed by atoms with E-state index in [0.717, 1.165) is 34.2 Å². The van der Waals surface area contributed by atoms with Gasteiger partial charge in [0.05, 0.1) is 5.56 Å². The number of aryl methyl sites for hydroxylation is 1. The number of rotatable bonds is 2. The fraction of sp³-hybridized carbons (Fsp3) is 0.500. The molecule has 0 radical (unpaired) electrons. The van der Waals surface area contributed by atoms with Gasteiger partial charge in [0.25, 0.3) is 5.91 Å². The molecule has 2 rings (SSSR count). The van der Waals surface area contributed by atoms with E-state index >= 15 is 0 Å². The Morgan fingerprint density at radius 1 is 1.50 bits per heavy atom. The molecule has 1 amide bonds. The lowest BCUT2D eigenvalue weighted by atomic mass is 9.95. The molecule has 3 nitrogen and oxygen atoms in total. The second kappa shape index (κ2) is 6.02. The van der Waals surface area contributed by atoms with E-state index in [-0.39, 0.29) is 11.9 Å². The summed E-state index contributed by atoms with van der Waals surface area (Å²) < 4.78 is 1.05. The Bertz CT molecular complexity index is 447. The van der Waals surface area contributed by atoms with Crippen molar-refractivity contribution in [3.63, 3.8) is 0 Å². The highest BCUT2D eigenvalue weighted by Crippen LogP contribution is 2.18.